The molecule has 0 saturated heterocycles. The van der Waals surface area contributed by atoms with E-state index in [9.17, 15) is 0 Å². The van der Waals surface area contributed by atoms with Crippen molar-refractivity contribution < 1.29 is 36.5 Å². The summed E-state index contributed by atoms with van der Waals surface area (Å²) in [4.78, 5) is 7.23. The number of rotatable bonds is 0. The number of hydrogen-bond donors (Lipinski definition) is 2. The van der Waals surface area contributed by atoms with Gasteiger partial charge in [0.2, 0.25) is 45.6 Å². The van der Waals surface area contributed by atoms with Crippen LogP contribution in [0, 0.1) is 0 Å². The van der Waals surface area contributed by atoms with E-state index >= 15 is 0 Å². The van der Waals surface area contributed by atoms with Crippen LogP contribution in [0.4, 0.5) is 0 Å². The number of fused-ring (bicyclic) bond motifs is 18. The number of nitrogens with zero attached hydrogens (tertiary/aromatic N) is 16. The molecular weight excluding hydrogens is 1480 g/mol. The largest absolute Gasteiger partial charge is 0.553 e. The molecule has 4 spiro atoms. The molecule has 0 saturated carbocycles. The predicted molar refractivity (Wildman–Crippen MR) is 456 cm³/mol. The zero-order valence-electron chi connectivity index (χ0n) is 62.7. The van der Waals surface area contributed by atoms with Crippen LogP contribution in [-0.2, 0) is 23.6 Å². The van der Waals surface area contributed by atoms with E-state index in [0.29, 0.717) is 0 Å². The molecule has 18 aromatic heterocycles. The Labute approximate surface area is 669 Å². The molecule has 120 heavy (non-hydrogen) atoms. The second kappa shape index (κ2) is 15.7. The molecule has 39 rings (SSSR count). The average Bonchev–Trinajstić information content (AvgIpc) is 1.34. The molecule has 4 atom stereocenters. The molecule has 0 aliphatic carbocycles. The number of aromatic amines is 2. The molecule has 0 bridgehead atoms. The molecular formula is C102H48N18+8. The first-order valence-electron chi connectivity index (χ1n) is 41.9. The monoisotopic (exact) mass is 1520 g/mol. The van der Waals surface area contributed by atoms with E-state index in [1.807, 2.05) is 0 Å². The van der Waals surface area contributed by atoms with E-state index in [0.717, 1.165) is 11.0 Å². The molecule has 18 heteroatoms. The minimum Gasteiger partial charge on any atom is -0.361 e. The Hall–Kier alpha value is -16.3. The fraction of sp³-hybridized carbons (Fsp3) is 0.0392. The lowest BCUT2D eigenvalue weighted by Crippen LogP contribution is -2.80. The minimum absolute atomic E-state index is 0.876. The Kier molecular flexibility index (Phi) is 7.14. The third-order valence-electron chi connectivity index (χ3n) is 32.3. The van der Waals surface area contributed by atoms with Gasteiger partial charge in [-0.15, -0.1) is 0 Å². The molecule has 0 radical (unpaired) electrons. The van der Waals surface area contributed by atoms with Crippen LogP contribution in [0.3, 0.4) is 0 Å². The van der Waals surface area contributed by atoms with Crippen molar-refractivity contribution in [3.8, 4) is 90.1 Å². The molecule has 12 aliphatic heterocycles. The molecule has 0 amide bonds. The molecule has 0 fully saturated rings. The number of hydrogen-bond acceptors (Lipinski definition) is 0. The Morgan fingerprint density at radius 2 is 0.358 bits per heavy atom. The summed E-state index contributed by atoms with van der Waals surface area (Å²) >= 11 is 0. The van der Waals surface area contributed by atoms with E-state index < -0.39 is 23.6 Å². The summed E-state index contributed by atoms with van der Waals surface area (Å²) in [6, 6.07) is 86.5. The summed E-state index contributed by atoms with van der Waals surface area (Å²) in [5.74, 6) is -3.75. The van der Waals surface area contributed by atoms with Crippen LogP contribution in [0.25, 0.3) is 286 Å². The van der Waals surface area contributed by atoms with E-state index in [-0.39, 0.29) is 0 Å². The normalized spacial score (nSPS) is 19.8. The SMILES string of the molecule is c1cc2c3c4c(ccn4C45n6ccc7c8c9c(ccn9C9%10n%11ccc%12c%13c%14c(ccn%14C%14%15n%16ccc%17c%18c%19c(ccn%19C%19%20n%21ccc%22cc%23[nH]ccc%23c(c%22%21)-c%21ccc%22ccc%23ccc-%18[n+]%19c%23c%22[n+]%21%20)c(c%17%16)-c%16ccc%17ccc%18ccc-%13[n+]%14c%18c%17[n+]%16%15)c(c%12%11)-c%11ccc%12ccc%13ccc-8[n+]9c%13c%12[n+]%11%10)c(c76)-c6ccc7ccc8ccc-3[n+]4c8c7[n+]65)cc2[nH]1. The Bertz CT molecular complexity index is 9930. The van der Waals surface area contributed by atoms with Gasteiger partial charge in [0.05, 0.1) is 132 Å². The summed E-state index contributed by atoms with van der Waals surface area (Å²) in [5.41, 5.74) is 41.6. The lowest BCUT2D eigenvalue weighted by molar-refractivity contribution is -0.965. The highest BCUT2D eigenvalue weighted by Crippen LogP contribution is 2.61. The van der Waals surface area contributed by atoms with Crippen LogP contribution in [0.15, 0.2) is 280 Å². The van der Waals surface area contributed by atoms with Crippen molar-refractivity contribution in [2.75, 3.05) is 0 Å². The van der Waals surface area contributed by atoms with Gasteiger partial charge in [-0.1, -0.05) is 36.5 Å². The second-order valence-corrected chi connectivity index (χ2v) is 36.2. The van der Waals surface area contributed by atoms with Crippen LogP contribution >= 0.6 is 0 Å². The maximum Gasteiger partial charge on any atom is 0.553 e. The third-order valence-corrected chi connectivity index (χ3v) is 32.3. The van der Waals surface area contributed by atoms with Gasteiger partial charge in [-0.05, 0) is 170 Å². The molecule has 538 valence electrons. The molecule has 12 aliphatic rings. The Balaban J connectivity index is 0.616. The zero-order valence-corrected chi connectivity index (χ0v) is 62.7. The predicted octanol–water partition coefficient (Wildman–Crippen LogP) is 15.8. The van der Waals surface area contributed by atoms with Gasteiger partial charge in [0.15, 0.2) is 0 Å². The lowest BCUT2D eigenvalue weighted by Gasteiger charge is -2.35. The van der Waals surface area contributed by atoms with Crippen molar-refractivity contribution in [3.05, 3.63) is 280 Å². The standard InChI is InChI=1S/C102H46N18/c1-3-49-11-19-69-77-61-31-41-109-95(61)79(59-29-39-107(93(59)77)99-105-37-27-55-45-65-57(25-35-103-65)75(83(55)105)67-17-9-47(1)85(113(67)99)87(49)115(69)99)71-21-13-51-5-7-53-15-23-73-81-64-34-44-112-98(64)82(63-33-43-111(97(63)81)101(109)117(71)89(51)91(53)119(73)101)74-24-16-54-8-6-52-14-22-72-80-60-30-40-108-94(60)78(62-32-42-110(96(62)80)102(112)118(72)90(52)92(54)120(74)102)70-20-12-50-4-2-48-10-18-68-76-58-26-36-104-66(58)46-56-28-38-106(84(56)76)100(108)114(68)86(48)88(50)116(70)100/h1-46H/q+6/p+2. The van der Waals surface area contributed by atoms with Crippen LogP contribution in [0.2, 0.25) is 0 Å². The highest BCUT2D eigenvalue weighted by atomic mass is 15.6. The fourth-order valence-corrected chi connectivity index (χ4v) is 28.8. The number of pyridine rings is 8. The number of benzene rings is 9. The molecule has 30 heterocycles. The first-order valence-corrected chi connectivity index (χ1v) is 41.9. The van der Waals surface area contributed by atoms with Gasteiger partial charge in [0.1, 0.15) is 0 Å². The van der Waals surface area contributed by atoms with Crippen molar-refractivity contribution in [2.45, 2.75) is 23.6 Å². The summed E-state index contributed by atoms with van der Waals surface area (Å²) in [6.07, 6.45) is 23.7. The van der Waals surface area contributed by atoms with Crippen molar-refractivity contribution in [2.24, 2.45) is 0 Å². The average molecular weight is 1530 g/mol. The van der Waals surface area contributed by atoms with Crippen LogP contribution in [-0.4, -0.2) is 46.5 Å². The molecule has 9 aromatic carbocycles. The maximum atomic E-state index is 3.62. The number of aromatic nitrogens is 18. The Morgan fingerprint density at radius 1 is 0.175 bits per heavy atom. The topological polar surface area (TPSA) is 102 Å². The van der Waals surface area contributed by atoms with E-state index in [1.165, 1.54) is 275 Å². The maximum absolute atomic E-state index is 3.62. The molecule has 4 unspecified atom stereocenters. The highest BCUT2D eigenvalue weighted by Gasteiger charge is 2.76. The second-order valence-electron chi connectivity index (χ2n) is 36.2. The molecule has 2 N–H and O–H groups in total. The quantitative estimate of drug-likeness (QED) is 0.112. The van der Waals surface area contributed by atoms with Gasteiger partial charge < -0.3 is 9.97 Å². The summed E-state index contributed by atoms with van der Waals surface area (Å²) < 4.78 is 43.4. The van der Waals surface area contributed by atoms with Gasteiger partial charge in [0.25, 0.3) is 44.1 Å². The van der Waals surface area contributed by atoms with Crippen molar-refractivity contribution in [1.82, 2.24) is 46.5 Å². The molecule has 27 aromatic rings. The van der Waals surface area contributed by atoms with E-state index in [1.54, 1.807) is 0 Å². The van der Waals surface area contributed by atoms with Crippen molar-refractivity contribution in [3.63, 3.8) is 0 Å². The summed E-state index contributed by atoms with van der Waals surface area (Å²) in [5, 5.41) is 22.0. The van der Waals surface area contributed by atoms with Gasteiger partial charge in [-0.25, -0.2) is 36.5 Å². The van der Waals surface area contributed by atoms with Crippen LogP contribution in [0.5, 0.6) is 0 Å². The number of nitrogens with one attached hydrogen (secondary N) is 2. The van der Waals surface area contributed by atoms with Gasteiger partial charge in [-0.3, -0.25) is 0 Å². The van der Waals surface area contributed by atoms with Gasteiger partial charge in [-0.2, -0.15) is 0 Å². The van der Waals surface area contributed by atoms with E-state index in [2.05, 4.69) is 363 Å². The highest BCUT2D eigenvalue weighted by molar-refractivity contribution is 6.26. The molecule has 18 nitrogen and oxygen atoms in total. The third kappa shape index (κ3) is 4.48. The first kappa shape index (κ1) is 54.4. The minimum atomic E-state index is -1.000. The first-order chi connectivity index (χ1) is 59.5. The smallest absolute Gasteiger partial charge is 0.361 e. The Morgan fingerprint density at radius 3 is 0.575 bits per heavy atom. The van der Waals surface area contributed by atoms with Crippen molar-refractivity contribution >= 4 is 196 Å². The van der Waals surface area contributed by atoms with Crippen molar-refractivity contribution in [1.29, 1.82) is 0 Å². The van der Waals surface area contributed by atoms with Crippen LogP contribution < -0.4 is 36.5 Å². The zero-order chi connectivity index (χ0) is 75.2. The number of H-pyrrole nitrogens is 2. The van der Waals surface area contributed by atoms with Crippen LogP contribution in [0.1, 0.15) is 0 Å². The summed E-state index contributed by atoms with van der Waals surface area (Å²) in [7, 11) is 0. The fourth-order valence-electron chi connectivity index (χ4n) is 28.8. The van der Waals surface area contributed by atoms with E-state index in [4.69, 9.17) is 0 Å². The summed E-state index contributed by atoms with van der Waals surface area (Å²) in [6.45, 7) is 0. The van der Waals surface area contributed by atoms with Gasteiger partial charge in [0, 0.05) is 175 Å². The van der Waals surface area contributed by atoms with Gasteiger partial charge >= 0.3 is 23.6 Å². The lowest BCUT2D eigenvalue weighted by atomic mass is 9.91.